The molecule has 0 radical (unpaired) electrons. The minimum Gasteiger partial charge on any atom is -0.396 e. The monoisotopic (exact) mass is 322 g/mol. The molecule has 6 heteroatoms. The Balaban J connectivity index is 1.81. The second-order valence-corrected chi connectivity index (χ2v) is 6.44. The maximum Gasteiger partial charge on any atom is 0.315 e. The first kappa shape index (κ1) is 16.7. The maximum absolute atomic E-state index is 11.7. The lowest BCUT2D eigenvalue weighted by molar-refractivity contribution is 0.175. The smallest absolute Gasteiger partial charge is 0.315 e. The molecule has 120 valence electrons. The van der Waals surface area contributed by atoms with Crippen molar-refractivity contribution >= 4 is 27.5 Å². The Morgan fingerprint density at radius 1 is 1.36 bits per heavy atom. The molecule has 0 bridgehead atoms. The van der Waals surface area contributed by atoms with E-state index in [4.69, 9.17) is 5.11 Å². The summed E-state index contributed by atoms with van der Waals surface area (Å²) >= 11 is 1.53. The summed E-state index contributed by atoms with van der Waals surface area (Å²) in [7, 11) is 0. The normalized spacial score (nSPS) is 13.8. The van der Waals surface area contributed by atoms with Crippen LogP contribution >= 0.6 is 11.3 Å². The average Bonchev–Trinajstić information content (AvgIpc) is 2.94. The van der Waals surface area contributed by atoms with E-state index in [9.17, 15) is 9.90 Å². The molecule has 0 saturated carbocycles. The van der Waals surface area contributed by atoms with Crippen LogP contribution in [0, 0.1) is 0 Å². The van der Waals surface area contributed by atoms with E-state index < -0.39 is 6.10 Å². The first-order chi connectivity index (χ1) is 10.6. The number of benzene rings is 1. The molecule has 0 saturated heterocycles. The predicted octanol–water partition coefficient (Wildman–Crippen LogP) is 2.39. The third-order valence-electron chi connectivity index (χ3n) is 3.40. The predicted molar refractivity (Wildman–Crippen MR) is 89.1 cm³/mol. The molecule has 2 atom stereocenters. The quantitative estimate of drug-likeness (QED) is 0.632. The molecule has 0 spiro atoms. The van der Waals surface area contributed by atoms with E-state index in [1.54, 1.807) is 0 Å². The zero-order chi connectivity index (χ0) is 15.9. The highest BCUT2D eigenvalue weighted by Gasteiger charge is 2.13. The fraction of sp³-hybridized carbons (Fsp3) is 0.438. The molecule has 0 aliphatic heterocycles. The molecule has 5 nitrogen and oxygen atoms in total. The first-order valence-corrected chi connectivity index (χ1v) is 8.23. The number of nitrogens with one attached hydrogen (secondary N) is 2. The Bertz CT molecular complexity index is 581. The Hall–Kier alpha value is -1.63. The van der Waals surface area contributed by atoms with Crippen molar-refractivity contribution in [2.75, 3.05) is 13.2 Å². The summed E-state index contributed by atoms with van der Waals surface area (Å²) in [5.74, 6) is 0. The number of aliphatic hydroxyl groups is 2. The van der Waals surface area contributed by atoms with Crippen molar-refractivity contribution in [1.29, 1.82) is 0 Å². The lowest BCUT2D eigenvalue weighted by Crippen LogP contribution is -2.42. The molecule has 0 aliphatic rings. The van der Waals surface area contributed by atoms with Crippen LogP contribution < -0.4 is 10.6 Å². The second kappa shape index (κ2) is 8.12. The molecule has 1 aromatic carbocycles. The van der Waals surface area contributed by atoms with Gasteiger partial charge in [-0.15, -0.1) is 11.3 Å². The fourth-order valence-corrected chi connectivity index (χ4v) is 3.25. The molecule has 22 heavy (non-hydrogen) atoms. The van der Waals surface area contributed by atoms with E-state index in [2.05, 4.69) is 10.6 Å². The number of thiophene rings is 1. The molecule has 2 aromatic rings. The van der Waals surface area contributed by atoms with E-state index in [0.717, 1.165) is 21.4 Å². The largest absolute Gasteiger partial charge is 0.396 e. The number of amides is 2. The van der Waals surface area contributed by atoms with Crippen LogP contribution in [0.2, 0.25) is 0 Å². The fourth-order valence-electron chi connectivity index (χ4n) is 2.20. The van der Waals surface area contributed by atoms with E-state index in [1.165, 1.54) is 11.3 Å². The van der Waals surface area contributed by atoms with E-state index in [-0.39, 0.29) is 25.2 Å². The number of hydrogen-bond acceptors (Lipinski definition) is 4. The molecule has 0 fully saturated rings. The lowest BCUT2D eigenvalue weighted by Gasteiger charge is -2.15. The van der Waals surface area contributed by atoms with Crippen molar-refractivity contribution in [1.82, 2.24) is 10.6 Å². The van der Waals surface area contributed by atoms with Gasteiger partial charge in [-0.25, -0.2) is 4.79 Å². The Labute approximate surface area is 134 Å². The minimum absolute atomic E-state index is 0.00591. The number of aliphatic hydroxyl groups excluding tert-OH is 2. The van der Waals surface area contributed by atoms with Crippen molar-refractivity contribution < 1.29 is 15.0 Å². The number of fused-ring (bicyclic) bond motifs is 1. The first-order valence-electron chi connectivity index (χ1n) is 7.42. The zero-order valence-electron chi connectivity index (χ0n) is 12.6. The van der Waals surface area contributed by atoms with E-state index in [0.29, 0.717) is 6.42 Å². The average molecular weight is 322 g/mol. The van der Waals surface area contributed by atoms with Gasteiger partial charge in [0.15, 0.2) is 0 Å². The van der Waals surface area contributed by atoms with Crippen LogP contribution in [0.15, 0.2) is 30.3 Å². The minimum atomic E-state index is -0.712. The van der Waals surface area contributed by atoms with Crippen LogP contribution in [0.3, 0.4) is 0 Å². The highest BCUT2D eigenvalue weighted by Crippen LogP contribution is 2.29. The van der Waals surface area contributed by atoms with Crippen LogP contribution in [0.5, 0.6) is 0 Å². The van der Waals surface area contributed by atoms with Crippen LogP contribution in [-0.4, -0.2) is 35.4 Å². The lowest BCUT2D eigenvalue weighted by atomic mass is 10.2. The number of carbonyl (C=O) groups excluding carboxylic acids is 1. The van der Waals surface area contributed by atoms with Crippen molar-refractivity contribution in [2.24, 2.45) is 0 Å². The SMILES string of the molecule is CC(CCCO)NC(=O)NCC(O)c1cc2ccccc2s1. The van der Waals surface area contributed by atoms with Gasteiger partial charge in [0.05, 0.1) is 6.54 Å². The van der Waals surface area contributed by atoms with Crippen LogP contribution in [0.4, 0.5) is 4.79 Å². The number of carbonyl (C=O) groups is 1. The Morgan fingerprint density at radius 3 is 2.86 bits per heavy atom. The summed E-state index contributed by atoms with van der Waals surface area (Å²) in [4.78, 5) is 12.6. The summed E-state index contributed by atoms with van der Waals surface area (Å²) in [5, 5.41) is 25.5. The Morgan fingerprint density at radius 2 is 2.14 bits per heavy atom. The molecular weight excluding hydrogens is 300 g/mol. The summed E-state index contributed by atoms with van der Waals surface area (Å²) < 4.78 is 1.12. The van der Waals surface area contributed by atoms with Gasteiger partial charge in [-0.2, -0.15) is 0 Å². The topological polar surface area (TPSA) is 81.6 Å². The molecule has 2 unspecified atom stereocenters. The van der Waals surface area contributed by atoms with Crippen LogP contribution in [-0.2, 0) is 0 Å². The summed E-state index contributed by atoms with van der Waals surface area (Å²) in [5.41, 5.74) is 0. The van der Waals surface area contributed by atoms with Crippen LogP contribution in [0.1, 0.15) is 30.7 Å². The molecule has 2 rings (SSSR count). The van der Waals surface area contributed by atoms with E-state index in [1.807, 2.05) is 37.3 Å². The van der Waals surface area contributed by atoms with Gasteiger partial charge < -0.3 is 20.8 Å². The van der Waals surface area contributed by atoms with Crippen molar-refractivity contribution in [3.8, 4) is 0 Å². The summed E-state index contributed by atoms with van der Waals surface area (Å²) in [6.07, 6.45) is 0.671. The Kier molecular flexibility index (Phi) is 6.18. The highest BCUT2D eigenvalue weighted by atomic mass is 32.1. The van der Waals surface area contributed by atoms with Crippen molar-refractivity contribution in [3.63, 3.8) is 0 Å². The molecule has 1 heterocycles. The van der Waals surface area contributed by atoms with Gasteiger partial charge in [0.25, 0.3) is 0 Å². The molecule has 1 aromatic heterocycles. The van der Waals surface area contributed by atoms with Gasteiger partial charge in [0, 0.05) is 22.2 Å². The molecular formula is C16H22N2O3S. The number of hydrogen-bond donors (Lipinski definition) is 4. The standard InChI is InChI=1S/C16H22N2O3S/c1-11(5-4-8-19)18-16(21)17-10-13(20)15-9-12-6-2-3-7-14(12)22-15/h2-3,6-7,9,11,13,19-20H,4-5,8,10H2,1H3,(H2,17,18,21). The van der Waals surface area contributed by atoms with Gasteiger partial charge in [0.2, 0.25) is 0 Å². The van der Waals surface area contributed by atoms with Gasteiger partial charge in [0.1, 0.15) is 6.10 Å². The number of urea groups is 1. The zero-order valence-corrected chi connectivity index (χ0v) is 13.4. The second-order valence-electron chi connectivity index (χ2n) is 5.32. The van der Waals surface area contributed by atoms with Gasteiger partial charge in [-0.1, -0.05) is 18.2 Å². The van der Waals surface area contributed by atoms with Gasteiger partial charge in [-0.05, 0) is 37.3 Å². The van der Waals surface area contributed by atoms with Gasteiger partial charge >= 0.3 is 6.03 Å². The van der Waals surface area contributed by atoms with Crippen LogP contribution in [0.25, 0.3) is 10.1 Å². The van der Waals surface area contributed by atoms with E-state index >= 15 is 0 Å². The van der Waals surface area contributed by atoms with Gasteiger partial charge in [-0.3, -0.25) is 0 Å². The third kappa shape index (κ3) is 4.69. The van der Waals surface area contributed by atoms with Crippen molar-refractivity contribution in [2.45, 2.75) is 31.9 Å². The summed E-state index contributed by atoms with van der Waals surface area (Å²) in [6, 6.07) is 9.59. The molecule has 2 amide bonds. The maximum atomic E-state index is 11.7. The molecule has 0 aliphatic carbocycles. The third-order valence-corrected chi connectivity index (χ3v) is 4.62. The summed E-state index contributed by atoms with van der Waals surface area (Å²) in [6.45, 7) is 2.18. The highest BCUT2D eigenvalue weighted by molar-refractivity contribution is 7.19. The number of rotatable bonds is 7. The van der Waals surface area contributed by atoms with Crippen molar-refractivity contribution in [3.05, 3.63) is 35.2 Å². The molecule has 4 N–H and O–H groups in total.